The first-order valence-electron chi connectivity index (χ1n) is 25.6. The van der Waals surface area contributed by atoms with Crippen molar-refractivity contribution in [2.24, 2.45) is 0 Å². The third-order valence-corrected chi connectivity index (χ3v) is 11.1. The molecule has 0 aliphatic heterocycles. The van der Waals surface area contributed by atoms with Crippen LogP contribution in [0.5, 0.6) is 0 Å². The predicted molar refractivity (Wildman–Crippen MR) is 256 cm³/mol. The Hall–Kier alpha value is -2.63. The van der Waals surface area contributed by atoms with Crippen molar-refractivity contribution in [1.82, 2.24) is 0 Å². The van der Waals surface area contributed by atoms with Crippen molar-refractivity contribution >= 4 is 17.9 Å². The Morgan fingerprint density at radius 2 is 0.650 bits per heavy atom. The normalized spacial score (nSPS) is 12.4. The van der Waals surface area contributed by atoms with Crippen molar-refractivity contribution in [3.8, 4) is 0 Å². The van der Waals surface area contributed by atoms with Crippen LogP contribution in [0.3, 0.4) is 0 Å². The molecule has 348 valence electrons. The number of hydrogen-bond donors (Lipinski definition) is 0. The number of hydrogen-bond acceptors (Lipinski definition) is 6. The van der Waals surface area contributed by atoms with E-state index in [9.17, 15) is 14.4 Å². The number of unbranched alkanes of at least 4 members (excludes halogenated alkanes) is 27. The molecule has 0 aromatic heterocycles. The van der Waals surface area contributed by atoms with Gasteiger partial charge in [-0.15, -0.1) is 0 Å². The lowest BCUT2D eigenvalue weighted by Crippen LogP contribution is -2.30. The van der Waals surface area contributed by atoms with Gasteiger partial charge in [0, 0.05) is 19.3 Å². The van der Waals surface area contributed by atoms with Crippen LogP contribution in [0.2, 0.25) is 0 Å². The van der Waals surface area contributed by atoms with Crippen LogP contribution in [-0.4, -0.2) is 37.2 Å². The molecule has 0 rings (SSSR count). The van der Waals surface area contributed by atoms with E-state index in [1.54, 1.807) is 0 Å². The molecule has 6 heteroatoms. The average molecular weight is 841 g/mol. The van der Waals surface area contributed by atoms with E-state index in [1.807, 2.05) is 0 Å². The summed E-state index contributed by atoms with van der Waals surface area (Å²) in [6.45, 7) is 6.46. The van der Waals surface area contributed by atoms with E-state index in [0.717, 1.165) is 77.0 Å². The van der Waals surface area contributed by atoms with Gasteiger partial charge in [0.2, 0.25) is 0 Å². The molecule has 0 aliphatic carbocycles. The van der Waals surface area contributed by atoms with Crippen molar-refractivity contribution in [2.45, 2.75) is 264 Å². The van der Waals surface area contributed by atoms with E-state index in [4.69, 9.17) is 14.2 Å². The number of allylic oxidation sites excluding steroid dienone is 8. The van der Waals surface area contributed by atoms with Gasteiger partial charge in [-0.3, -0.25) is 14.4 Å². The molecule has 0 aromatic carbocycles. The number of ether oxygens (including phenoxy) is 3. The first-order valence-corrected chi connectivity index (χ1v) is 25.6. The van der Waals surface area contributed by atoms with Crippen LogP contribution in [0.15, 0.2) is 48.6 Å². The van der Waals surface area contributed by atoms with E-state index in [1.165, 1.54) is 135 Å². The third kappa shape index (κ3) is 46.4. The molecular formula is C54H96O6. The van der Waals surface area contributed by atoms with E-state index in [2.05, 4.69) is 69.4 Å². The van der Waals surface area contributed by atoms with Crippen molar-refractivity contribution in [3.05, 3.63) is 48.6 Å². The molecule has 0 amide bonds. The number of esters is 3. The molecular weight excluding hydrogens is 745 g/mol. The molecule has 0 aromatic rings. The topological polar surface area (TPSA) is 78.9 Å². The standard InChI is InChI=1S/C54H96O6/c1-4-7-10-13-16-18-20-22-24-25-26-27-28-30-31-33-35-38-41-44-47-53(56)59-50-51(49-58-52(55)46-43-40-37-15-12-9-6-3)60-54(57)48-45-42-39-36-34-32-29-23-21-19-17-14-11-8-5-2/h8,11,17,19,23,29,34,36,51H,4-7,9-10,12-16,18,20-22,24-28,30-33,35,37-50H2,1-3H3/b11-8-,19-17-,29-23-,36-34-. The molecule has 0 saturated heterocycles. The van der Waals surface area contributed by atoms with Gasteiger partial charge in [-0.2, -0.15) is 0 Å². The maximum atomic E-state index is 12.7. The summed E-state index contributed by atoms with van der Waals surface area (Å²) in [6.07, 6.45) is 58.4. The lowest BCUT2D eigenvalue weighted by atomic mass is 10.0. The van der Waals surface area contributed by atoms with Crippen LogP contribution in [0.1, 0.15) is 258 Å². The van der Waals surface area contributed by atoms with Gasteiger partial charge in [-0.25, -0.2) is 0 Å². The molecule has 1 atom stereocenters. The van der Waals surface area contributed by atoms with E-state index in [0.29, 0.717) is 19.3 Å². The highest BCUT2D eigenvalue weighted by atomic mass is 16.6. The zero-order valence-electron chi connectivity index (χ0n) is 39.7. The van der Waals surface area contributed by atoms with Crippen LogP contribution in [0.25, 0.3) is 0 Å². The molecule has 0 heterocycles. The minimum Gasteiger partial charge on any atom is -0.462 e. The summed E-state index contributed by atoms with van der Waals surface area (Å²) in [6, 6.07) is 0. The fourth-order valence-electron chi connectivity index (χ4n) is 7.26. The third-order valence-electron chi connectivity index (χ3n) is 11.1. The van der Waals surface area contributed by atoms with Crippen molar-refractivity contribution in [3.63, 3.8) is 0 Å². The molecule has 60 heavy (non-hydrogen) atoms. The van der Waals surface area contributed by atoms with Gasteiger partial charge >= 0.3 is 17.9 Å². The maximum absolute atomic E-state index is 12.7. The Balaban J connectivity index is 4.25. The van der Waals surface area contributed by atoms with Gasteiger partial charge in [0.25, 0.3) is 0 Å². The second kappa shape index (κ2) is 49.0. The summed E-state index contributed by atoms with van der Waals surface area (Å²) in [4.78, 5) is 37.8. The summed E-state index contributed by atoms with van der Waals surface area (Å²) in [5, 5.41) is 0. The first-order chi connectivity index (χ1) is 29.5. The van der Waals surface area contributed by atoms with Crippen molar-refractivity contribution in [1.29, 1.82) is 0 Å². The Bertz CT molecular complexity index is 1060. The van der Waals surface area contributed by atoms with Gasteiger partial charge in [0.15, 0.2) is 6.10 Å². The SMILES string of the molecule is CC/C=C\C/C=C\C/C=C\C/C=C\CCCCC(=O)OC(COC(=O)CCCCCCCCC)COC(=O)CCCCCCCCCCCCCCCCCCCCCC. The van der Waals surface area contributed by atoms with Gasteiger partial charge < -0.3 is 14.2 Å². The Kier molecular flexibility index (Phi) is 46.9. The van der Waals surface area contributed by atoms with Crippen LogP contribution in [-0.2, 0) is 28.6 Å². The van der Waals surface area contributed by atoms with E-state index < -0.39 is 6.10 Å². The molecule has 0 saturated carbocycles. The minimum absolute atomic E-state index is 0.0869. The highest BCUT2D eigenvalue weighted by Gasteiger charge is 2.19. The minimum atomic E-state index is -0.788. The van der Waals surface area contributed by atoms with E-state index >= 15 is 0 Å². The Labute approximate surface area is 371 Å². The molecule has 1 unspecified atom stereocenters. The molecule has 0 aliphatic rings. The van der Waals surface area contributed by atoms with Gasteiger partial charge in [0.1, 0.15) is 13.2 Å². The van der Waals surface area contributed by atoms with E-state index in [-0.39, 0.29) is 37.5 Å². The highest BCUT2D eigenvalue weighted by molar-refractivity contribution is 5.71. The fraction of sp³-hybridized carbons (Fsp3) is 0.796. The van der Waals surface area contributed by atoms with Crippen molar-refractivity contribution in [2.75, 3.05) is 13.2 Å². The molecule has 6 nitrogen and oxygen atoms in total. The smallest absolute Gasteiger partial charge is 0.306 e. The van der Waals surface area contributed by atoms with Crippen LogP contribution in [0.4, 0.5) is 0 Å². The molecule has 0 radical (unpaired) electrons. The lowest BCUT2D eigenvalue weighted by molar-refractivity contribution is -0.167. The zero-order chi connectivity index (χ0) is 43.7. The monoisotopic (exact) mass is 841 g/mol. The highest BCUT2D eigenvalue weighted by Crippen LogP contribution is 2.16. The predicted octanol–water partition coefficient (Wildman–Crippen LogP) is 16.7. The summed E-state index contributed by atoms with van der Waals surface area (Å²) in [5.74, 6) is -0.928. The van der Waals surface area contributed by atoms with Crippen LogP contribution in [0, 0.1) is 0 Å². The van der Waals surface area contributed by atoms with Gasteiger partial charge in [-0.05, 0) is 57.8 Å². The van der Waals surface area contributed by atoms with Gasteiger partial charge in [0.05, 0.1) is 0 Å². The quantitative estimate of drug-likeness (QED) is 0.0263. The van der Waals surface area contributed by atoms with Crippen LogP contribution < -0.4 is 0 Å². The van der Waals surface area contributed by atoms with Crippen LogP contribution >= 0.6 is 0 Å². The zero-order valence-corrected chi connectivity index (χ0v) is 39.7. The Morgan fingerprint density at radius 1 is 0.350 bits per heavy atom. The molecule has 0 N–H and O–H groups in total. The summed E-state index contributed by atoms with van der Waals surface area (Å²) < 4.78 is 16.7. The largest absolute Gasteiger partial charge is 0.462 e. The Morgan fingerprint density at radius 3 is 1.02 bits per heavy atom. The fourth-order valence-corrected chi connectivity index (χ4v) is 7.26. The summed E-state index contributed by atoms with van der Waals surface area (Å²) in [5.41, 5.74) is 0. The molecule has 0 bridgehead atoms. The second-order valence-corrected chi connectivity index (χ2v) is 17.1. The van der Waals surface area contributed by atoms with Gasteiger partial charge in [-0.1, -0.05) is 230 Å². The first kappa shape index (κ1) is 57.4. The average Bonchev–Trinajstić information content (AvgIpc) is 3.24. The summed E-state index contributed by atoms with van der Waals surface area (Å²) in [7, 11) is 0. The molecule has 0 fully saturated rings. The maximum Gasteiger partial charge on any atom is 0.306 e. The molecule has 0 spiro atoms. The number of rotatable bonds is 46. The summed E-state index contributed by atoms with van der Waals surface area (Å²) >= 11 is 0. The number of carbonyl (C=O) groups excluding carboxylic acids is 3. The lowest BCUT2D eigenvalue weighted by Gasteiger charge is -2.18. The van der Waals surface area contributed by atoms with Crippen molar-refractivity contribution < 1.29 is 28.6 Å². The second-order valence-electron chi connectivity index (χ2n) is 17.1. The number of carbonyl (C=O) groups is 3.